The zero-order valence-corrected chi connectivity index (χ0v) is 12.5. The summed E-state index contributed by atoms with van der Waals surface area (Å²) in [6, 6.07) is 4.82. The quantitative estimate of drug-likeness (QED) is 0.668. The molecule has 0 heterocycles. The van der Waals surface area contributed by atoms with Crippen molar-refractivity contribution in [2.75, 3.05) is 0 Å². The lowest BCUT2D eigenvalue weighted by molar-refractivity contribution is -0.127. The first-order valence-electron chi connectivity index (χ1n) is 5.85. The van der Waals surface area contributed by atoms with Crippen LogP contribution in [0.4, 0.5) is 0 Å². The van der Waals surface area contributed by atoms with Gasteiger partial charge in [0.05, 0.1) is 5.02 Å². The fourth-order valence-corrected chi connectivity index (χ4v) is 1.61. The van der Waals surface area contributed by atoms with Crippen LogP contribution in [0.25, 0.3) is 0 Å². The van der Waals surface area contributed by atoms with E-state index in [1.54, 1.807) is 31.3 Å². The van der Waals surface area contributed by atoms with E-state index in [9.17, 15) is 4.79 Å². The van der Waals surface area contributed by atoms with E-state index in [0.29, 0.717) is 15.8 Å². The summed E-state index contributed by atoms with van der Waals surface area (Å²) >= 11 is 11.7. The van der Waals surface area contributed by atoms with Crippen molar-refractivity contribution in [1.29, 1.82) is 0 Å². The van der Waals surface area contributed by atoms with E-state index < -0.39 is 6.10 Å². The monoisotopic (exact) mass is 302 g/mol. The molecular formula is C13H16Cl2N2O2. The maximum Gasteiger partial charge on any atom is 0.280 e. The number of halogens is 2. The van der Waals surface area contributed by atoms with Crippen LogP contribution in [0.15, 0.2) is 23.3 Å². The van der Waals surface area contributed by atoms with Crippen molar-refractivity contribution in [3.05, 3.63) is 28.2 Å². The van der Waals surface area contributed by atoms with Gasteiger partial charge in [0.2, 0.25) is 0 Å². The number of benzene rings is 1. The molecule has 4 nitrogen and oxygen atoms in total. The molecule has 1 unspecified atom stereocenters. The van der Waals surface area contributed by atoms with Gasteiger partial charge in [-0.3, -0.25) is 4.79 Å². The average Bonchev–Trinajstić information content (AvgIpc) is 2.32. The van der Waals surface area contributed by atoms with Gasteiger partial charge in [0.25, 0.3) is 5.91 Å². The number of hydrogen-bond acceptors (Lipinski definition) is 3. The smallest absolute Gasteiger partial charge is 0.280 e. The minimum atomic E-state index is -0.706. The number of carbonyl (C=O) groups excluding carboxylic acids is 1. The summed E-state index contributed by atoms with van der Waals surface area (Å²) in [5.41, 5.74) is 2.40. The maximum absolute atomic E-state index is 11.7. The van der Waals surface area contributed by atoms with E-state index in [-0.39, 0.29) is 11.8 Å². The van der Waals surface area contributed by atoms with Gasteiger partial charge in [-0.05, 0) is 31.0 Å². The summed E-state index contributed by atoms with van der Waals surface area (Å²) in [7, 11) is 0. The lowest BCUT2D eigenvalue weighted by Crippen LogP contribution is -2.33. The molecule has 0 aromatic heterocycles. The van der Waals surface area contributed by atoms with Crippen molar-refractivity contribution in [3.63, 3.8) is 0 Å². The van der Waals surface area contributed by atoms with E-state index in [4.69, 9.17) is 27.9 Å². The van der Waals surface area contributed by atoms with Crippen molar-refractivity contribution < 1.29 is 9.53 Å². The summed E-state index contributed by atoms with van der Waals surface area (Å²) in [5.74, 6) is 0.326. The van der Waals surface area contributed by atoms with Gasteiger partial charge in [0, 0.05) is 11.2 Å². The summed E-state index contributed by atoms with van der Waals surface area (Å²) < 4.78 is 5.44. The molecule has 19 heavy (non-hydrogen) atoms. The number of nitrogens with one attached hydrogen (secondary N) is 1. The standard InChI is InChI=1S/C13H16Cl2N2O2/c1-8(2)7-16-17-13(18)9(3)19-12-5-4-10(14)6-11(12)15/h4-9H,1-3H3,(H,17,18)/b16-7+. The Morgan fingerprint density at radius 3 is 2.63 bits per heavy atom. The van der Waals surface area contributed by atoms with E-state index in [1.165, 1.54) is 0 Å². The molecule has 0 radical (unpaired) electrons. The van der Waals surface area contributed by atoms with E-state index in [1.807, 2.05) is 13.8 Å². The zero-order chi connectivity index (χ0) is 14.4. The highest BCUT2D eigenvalue weighted by atomic mass is 35.5. The molecule has 6 heteroatoms. The minimum Gasteiger partial charge on any atom is -0.479 e. The first-order chi connectivity index (χ1) is 8.90. The fraction of sp³-hybridized carbons (Fsp3) is 0.385. The van der Waals surface area contributed by atoms with Crippen LogP contribution in [0, 0.1) is 5.92 Å². The molecule has 0 aliphatic rings. The number of carbonyl (C=O) groups is 1. The fourth-order valence-electron chi connectivity index (χ4n) is 1.16. The predicted molar refractivity (Wildman–Crippen MR) is 78.0 cm³/mol. The van der Waals surface area contributed by atoms with Crippen molar-refractivity contribution in [2.24, 2.45) is 11.0 Å². The maximum atomic E-state index is 11.7. The number of nitrogens with zero attached hydrogens (tertiary/aromatic N) is 1. The Labute approximate surface area is 122 Å². The number of amides is 1. The Morgan fingerprint density at radius 1 is 1.37 bits per heavy atom. The van der Waals surface area contributed by atoms with E-state index in [0.717, 1.165) is 0 Å². The van der Waals surface area contributed by atoms with Crippen molar-refractivity contribution >= 4 is 35.3 Å². The minimum absolute atomic E-state index is 0.266. The van der Waals surface area contributed by atoms with Crippen LogP contribution in [0.1, 0.15) is 20.8 Å². The first kappa shape index (κ1) is 15.8. The Kier molecular flexibility index (Phi) is 6.12. The lowest BCUT2D eigenvalue weighted by Gasteiger charge is -2.14. The van der Waals surface area contributed by atoms with Crippen molar-refractivity contribution in [3.8, 4) is 5.75 Å². The molecule has 0 saturated heterocycles. The van der Waals surface area contributed by atoms with Crippen LogP contribution in [0.2, 0.25) is 10.0 Å². The first-order valence-corrected chi connectivity index (χ1v) is 6.60. The highest BCUT2D eigenvalue weighted by molar-refractivity contribution is 6.35. The van der Waals surface area contributed by atoms with E-state index in [2.05, 4.69) is 10.5 Å². The van der Waals surface area contributed by atoms with Crippen molar-refractivity contribution in [1.82, 2.24) is 5.43 Å². The molecule has 1 rings (SSSR count). The van der Waals surface area contributed by atoms with Crippen LogP contribution in [-0.2, 0) is 4.79 Å². The van der Waals surface area contributed by atoms with Gasteiger partial charge < -0.3 is 4.74 Å². The highest BCUT2D eigenvalue weighted by Gasteiger charge is 2.15. The predicted octanol–water partition coefficient (Wildman–Crippen LogP) is 3.52. The van der Waals surface area contributed by atoms with Crippen LogP contribution in [0.3, 0.4) is 0 Å². The summed E-state index contributed by atoms with van der Waals surface area (Å²) in [6.07, 6.45) is 0.933. The number of hydrogen-bond donors (Lipinski definition) is 1. The molecule has 1 aromatic carbocycles. The molecule has 1 aromatic rings. The third-order valence-electron chi connectivity index (χ3n) is 2.11. The average molecular weight is 303 g/mol. The van der Waals surface area contributed by atoms with Crippen LogP contribution >= 0.6 is 23.2 Å². The summed E-state index contributed by atoms with van der Waals surface area (Å²) in [6.45, 7) is 5.54. The molecule has 0 saturated carbocycles. The second-order valence-electron chi connectivity index (χ2n) is 4.33. The molecule has 1 atom stereocenters. The molecule has 0 fully saturated rings. The molecule has 1 N–H and O–H groups in total. The summed E-state index contributed by atoms with van der Waals surface area (Å²) in [5, 5.41) is 4.68. The topological polar surface area (TPSA) is 50.7 Å². The van der Waals surface area contributed by atoms with E-state index >= 15 is 0 Å². The number of ether oxygens (including phenoxy) is 1. The zero-order valence-electron chi connectivity index (χ0n) is 11.0. The van der Waals surface area contributed by atoms with Crippen LogP contribution < -0.4 is 10.2 Å². The van der Waals surface area contributed by atoms with Gasteiger partial charge in [-0.25, -0.2) is 5.43 Å². The Morgan fingerprint density at radius 2 is 2.05 bits per heavy atom. The molecule has 0 bridgehead atoms. The molecule has 0 spiro atoms. The highest BCUT2D eigenvalue weighted by Crippen LogP contribution is 2.28. The Balaban J connectivity index is 2.58. The normalized spacial score (nSPS) is 12.7. The molecule has 1 amide bonds. The second kappa shape index (κ2) is 7.36. The van der Waals surface area contributed by atoms with Gasteiger partial charge in [0.1, 0.15) is 5.75 Å². The lowest BCUT2D eigenvalue weighted by atomic mass is 10.3. The SMILES string of the molecule is CC(C)/C=N/NC(=O)C(C)Oc1ccc(Cl)cc1Cl. The third kappa shape index (κ3) is 5.49. The van der Waals surface area contributed by atoms with Crippen molar-refractivity contribution in [2.45, 2.75) is 26.9 Å². The molecular weight excluding hydrogens is 287 g/mol. The Bertz CT molecular complexity index is 476. The van der Waals surface area contributed by atoms with Crippen LogP contribution in [-0.4, -0.2) is 18.2 Å². The third-order valence-corrected chi connectivity index (χ3v) is 2.64. The molecule has 0 aliphatic carbocycles. The van der Waals surface area contributed by atoms with Gasteiger partial charge in [-0.1, -0.05) is 37.0 Å². The summed E-state index contributed by atoms with van der Waals surface area (Å²) in [4.78, 5) is 11.7. The molecule has 104 valence electrons. The van der Waals surface area contributed by atoms with Gasteiger partial charge in [-0.15, -0.1) is 0 Å². The van der Waals surface area contributed by atoms with Crippen LogP contribution in [0.5, 0.6) is 5.75 Å². The second-order valence-corrected chi connectivity index (χ2v) is 5.18. The Hall–Kier alpha value is -1.26. The van der Waals surface area contributed by atoms with Gasteiger partial charge >= 0.3 is 0 Å². The number of rotatable bonds is 5. The number of hydrazone groups is 1. The van der Waals surface area contributed by atoms with Gasteiger partial charge in [-0.2, -0.15) is 5.10 Å². The van der Waals surface area contributed by atoms with Gasteiger partial charge in [0.15, 0.2) is 6.10 Å². The largest absolute Gasteiger partial charge is 0.479 e. The molecule has 0 aliphatic heterocycles.